The van der Waals surface area contributed by atoms with E-state index in [9.17, 15) is 9.90 Å². The molecule has 0 atom stereocenters. The highest BCUT2D eigenvalue weighted by Gasteiger charge is 2.07. The SMILES string of the molecule is CC(=O)Cc1coc2cc(O)ccc12. The van der Waals surface area contributed by atoms with E-state index in [1.54, 1.807) is 31.4 Å². The maximum absolute atomic E-state index is 10.9. The number of phenolic OH excluding ortho intramolecular Hbond substituents is 1. The first-order valence-corrected chi connectivity index (χ1v) is 4.35. The van der Waals surface area contributed by atoms with Crippen LogP contribution < -0.4 is 0 Å². The van der Waals surface area contributed by atoms with Gasteiger partial charge in [-0.15, -0.1) is 0 Å². The average molecular weight is 190 g/mol. The minimum Gasteiger partial charge on any atom is -0.508 e. The van der Waals surface area contributed by atoms with E-state index in [0.717, 1.165) is 10.9 Å². The van der Waals surface area contributed by atoms with Gasteiger partial charge in [0.1, 0.15) is 17.1 Å². The number of benzene rings is 1. The fourth-order valence-electron chi connectivity index (χ4n) is 1.48. The molecule has 2 rings (SSSR count). The Kier molecular flexibility index (Phi) is 2.00. The molecule has 1 aromatic carbocycles. The van der Waals surface area contributed by atoms with Crippen LogP contribution in [0.25, 0.3) is 11.0 Å². The molecule has 0 amide bonds. The van der Waals surface area contributed by atoms with E-state index in [4.69, 9.17) is 4.42 Å². The van der Waals surface area contributed by atoms with Gasteiger partial charge >= 0.3 is 0 Å². The Morgan fingerprint density at radius 1 is 1.50 bits per heavy atom. The molecule has 0 fully saturated rings. The molecule has 0 unspecified atom stereocenters. The summed E-state index contributed by atoms with van der Waals surface area (Å²) in [5, 5.41) is 10.1. The van der Waals surface area contributed by atoms with Crippen molar-refractivity contribution in [2.24, 2.45) is 0 Å². The molecule has 0 aliphatic carbocycles. The van der Waals surface area contributed by atoms with Gasteiger partial charge in [-0.1, -0.05) is 0 Å². The second-order valence-electron chi connectivity index (χ2n) is 3.32. The van der Waals surface area contributed by atoms with Gasteiger partial charge in [0.2, 0.25) is 0 Å². The maximum Gasteiger partial charge on any atom is 0.137 e. The smallest absolute Gasteiger partial charge is 0.137 e. The number of hydrogen-bond donors (Lipinski definition) is 1. The van der Waals surface area contributed by atoms with Crippen molar-refractivity contribution in [3.63, 3.8) is 0 Å². The Hall–Kier alpha value is -1.77. The van der Waals surface area contributed by atoms with E-state index in [-0.39, 0.29) is 11.5 Å². The van der Waals surface area contributed by atoms with Gasteiger partial charge < -0.3 is 9.52 Å². The predicted octanol–water partition coefficient (Wildman–Crippen LogP) is 2.27. The number of carbonyl (C=O) groups is 1. The molecule has 0 bridgehead atoms. The third kappa shape index (κ3) is 1.48. The number of fused-ring (bicyclic) bond motifs is 1. The highest BCUT2D eigenvalue weighted by molar-refractivity contribution is 5.88. The zero-order valence-electron chi connectivity index (χ0n) is 7.78. The number of hydrogen-bond acceptors (Lipinski definition) is 3. The molecular formula is C11H10O3. The van der Waals surface area contributed by atoms with Gasteiger partial charge in [0, 0.05) is 23.4 Å². The van der Waals surface area contributed by atoms with Crippen LogP contribution in [0.3, 0.4) is 0 Å². The number of furan rings is 1. The predicted molar refractivity (Wildman–Crippen MR) is 52.3 cm³/mol. The van der Waals surface area contributed by atoms with E-state index < -0.39 is 0 Å². The molecule has 0 saturated carbocycles. The topological polar surface area (TPSA) is 50.4 Å². The third-order valence-corrected chi connectivity index (χ3v) is 2.08. The van der Waals surface area contributed by atoms with Crippen LogP contribution in [0, 0.1) is 0 Å². The average Bonchev–Trinajstić information content (AvgIpc) is 2.47. The van der Waals surface area contributed by atoms with Gasteiger partial charge in [0.25, 0.3) is 0 Å². The monoisotopic (exact) mass is 190 g/mol. The second-order valence-corrected chi connectivity index (χ2v) is 3.32. The number of ketones is 1. The molecule has 3 heteroatoms. The molecule has 72 valence electrons. The largest absolute Gasteiger partial charge is 0.508 e. The van der Waals surface area contributed by atoms with Gasteiger partial charge in [-0.2, -0.15) is 0 Å². The summed E-state index contributed by atoms with van der Waals surface area (Å²) >= 11 is 0. The van der Waals surface area contributed by atoms with Crippen molar-refractivity contribution in [3.05, 3.63) is 30.0 Å². The molecule has 3 nitrogen and oxygen atoms in total. The zero-order valence-corrected chi connectivity index (χ0v) is 7.78. The summed E-state index contributed by atoms with van der Waals surface area (Å²) in [6, 6.07) is 4.88. The van der Waals surface area contributed by atoms with Crippen LogP contribution >= 0.6 is 0 Å². The summed E-state index contributed by atoms with van der Waals surface area (Å²) in [6.45, 7) is 1.54. The van der Waals surface area contributed by atoms with Gasteiger partial charge in [0.05, 0.1) is 6.26 Å². The van der Waals surface area contributed by atoms with E-state index in [2.05, 4.69) is 0 Å². The Labute approximate surface area is 81.0 Å². The quantitative estimate of drug-likeness (QED) is 0.790. The first-order valence-electron chi connectivity index (χ1n) is 4.35. The highest BCUT2D eigenvalue weighted by Crippen LogP contribution is 2.25. The lowest BCUT2D eigenvalue weighted by molar-refractivity contribution is -0.116. The van der Waals surface area contributed by atoms with Crippen molar-refractivity contribution in [3.8, 4) is 5.75 Å². The van der Waals surface area contributed by atoms with Gasteiger partial charge in [-0.05, 0) is 19.1 Å². The van der Waals surface area contributed by atoms with Crippen molar-refractivity contribution in [2.75, 3.05) is 0 Å². The molecule has 0 spiro atoms. The molecule has 2 aromatic rings. The van der Waals surface area contributed by atoms with E-state index in [1.807, 2.05) is 0 Å². The molecular weight excluding hydrogens is 180 g/mol. The van der Waals surface area contributed by atoms with Gasteiger partial charge in [0.15, 0.2) is 0 Å². The summed E-state index contributed by atoms with van der Waals surface area (Å²) < 4.78 is 5.22. The van der Waals surface area contributed by atoms with Crippen molar-refractivity contribution in [1.82, 2.24) is 0 Å². The minimum absolute atomic E-state index is 0.0979. The molecule has 0 aliphatic rings. The Morgan fingerprint density at radius 2 is 2.29 bits per heavy atom. The van der Waals surface area contributed by atoms with Crippen LogP contribution in [0.15, 0.2) is 28.9 Å². The molecule has 14 heavy (non-hydrogen) atoms. The van der Waals surface area contributed by atoms with Crippen molar-refractivity contribution in [1.29, 1.82) is 0 Å². The highest BCUT2D eigenvalue weighted by atomic mass is 16.3. The summed E-state index contributed by atoms with van der Waals surface area (Å²) in [5.74, 6) is 0.266. The van der Waals surface area contributed by atoms with Crippen LogP contribution in [-0.2, 0) is 11.2 Å². The fraction of sp³-hybridized carbons (Fsp3) is 0.182. The van der Waals surface area contributed by atoms with Crippen LogP contribution in [0.4, 0.5) is 0 Å². The van der Waals surface area contributed by atoms with E-state index >= 15 is 0 Å². The number of carbonyl (C=O) groups excluding carboxylic acids is 1. The summed E-state index contributed by atoms with van der Waals surface area (Å²) in [5.41, 5.74) is 1.48. The lowest BCUT2D eigenvalue weighted by Crippen LogP contribution is -1.94. The molecule has 0 aliphatic heterocycles. The third-order valence-electron chi connectivity index (χ3n) is 2.08. The van der Waals surface area contributed by atoms with Crippen molar-refractivity contribution in [2.45, 2.75) is 13.3 Å². The number of phenols is 1. The zero-order chi connectivity index (χ0) is 10.1. The molecule has 1 heterocycles. The molecule has 1 aromatic heterocycles. The first-order chi connectivity index (χ1) is 6.66. The Balaban J connectivity index is 2.52. The van der Waals surface area contributed by atoms with Crippen molar-refractivity contribution >= 4 is 16.8 Å². The minimum atomic E-state index is 0.0979. The summed E-state index contributed by atoms with van der Waals surface area (Å²) in [7, 11) is 0. The lowest BCUT2D eigenvalue weighted by Gasteiger charge is -1.93. The lowest BCUT2D eigenvalue weighted by atomic mass is 10.1. The first kappa shape index (κ1) is 8.81. The maximum atomic E-state index is 10.9. The van der Waals surface area contributed by atoms with Gasteiger partial charge in [-0.25, -0.2) is 0 Å². The second kappa shape index (κ2) is 3.18. The fourth-order valence-corrected chi connectivity index (χ4v) is 1.48. The molecule has 0 saturated heterocycles. The van der Waals surface area contributed by atoms with Crippen LogP contribution in [-0.4, -0.2) is 10.9 Å². The number of aromatic hydroxyl groups is 1. The van der Waals surface area contributed by atoms with Crippen LogP contribution in [0.1, 0.15) is 12.5 Å². The Bertz CT molecular complexity index is 482. The summed E-state index contributed by atoms with van der Waals surface area (Å²) in [6.07, 6.45) is 1.93. The number of Topliss-reactive ketones (excluding diaryl/α,β-unsaturated/α-hetero) is 1. The molecule has 0 radical (unpaired) electrons. The van der Waals surface area contributed by atoms with Crippen LogP contribution in [0.2, 0.25) is 0 Å². The van der Waals surface area contributed by atoms with Crippen LogP contribution in [0.5, 0.6) is 5.75 Å². The summed E-state index contributed by atoms with van der Waals surface area (Å²) in [4.78, 5) is 10.9. The standard InChI is InChI=1S/C11H10O3/c1-7(12)4-8-6-14-11-5-9(13)2-3-10(8)11/h2-3,5-6,13H,4H2,1H3. The van der Waals surface area contributed by atoms with Crippen molar-refractivity contribution < 1.29 is 14.3 Å². The van der Waals surface area contributed by atoms with E-state index in [1.165, 1.54) is 0 Å². The van der Waals surface area contributed by atoms with Gasteiger partial charge in [-0.3, -0.25) is 4.79 Å². The number of rotatable bonds is 2. The molecule has 1 N–H and O–H groups in total. The van der Waals surface area contributed by atoms with E-state index in [0.29, 0.717) is 12.0 Å². The Morgan fingerprint density at radius 3 is 3.00 bits per heavy atom. The normalized spacial score (nSPS) is 10.6.